The molecule has 0 saturated heterocycles. The van der Waals surface area contributed by atoms with E-state index < -0.39 is 6.04 Å². The molecule has 4 rings (SSSR count). The van der Waals surface area contributed by atoms with Gasteiger partial charge in [-0.05, 0) is 62.0 Å². The first kappa shape index (κ1) is 21.9. The molecule has 2 aliphatic carbocycles. The molecule has 0 spiro atoms. The summed E-state index contributed by atoms with van der Waals surface area (Å²) in [7, 11) is 0. The van der Waals surface area contributed by atoms with Gasteiger partial charge in [-0.2, -0.15) is 0 Å². The van der Waals surface area contributed by atoms with Gasteiger partial charge in [-0.15, -0.1) is 0 Å². The minimum Gasteiger partial charge on any atom is -0.361 e. The van der Waals surface area contributed by atoms with E-state index in [9.17, 15) is 9.59 Å². The van der Waals surface area contributed by atoms with Crippen LogP contribution in [0.25, 0.3) is 10.9 Å². The Hall–Kier alpha value is -2.30. The molecule has 5 nitrogen and oxygen atoms in total. The number of amides is 2. The Morgan fingerprint density at radius 3 is 2.55 bits per heavy atom. The first-order valence-corrected chi connectivity index (χ1v) is 12.2. The third kappa shape index (κ3) is 5.31. The van der Waals surface area contributed by atoms with Gasteiger partial charge in [0.1, 0.15) is 6.04 Å². The minimum atomic E-state index is -0.541. The number of aromatic nitrogens is 1. The average Bonchev–Trinajstić information content (AvgIpc) is 3.18. The third-order valence-electron chi connectivity index (χ3n) is 7.56. The summed E-state index contributed by atoms with van der Waals surface area (Å²) in [6, 6.07) is 7.80. The van der Waals surface area contributed by atoms with Crippen molar-refractivity contribution < 1.29 is 9.59 Å². The zero-order valence-corrected chi connectivity index (χ0v) is 19.0. The minimum absolute atomic E-state index is 0.0306. The number of fused-ring (bicyclic) bond motifs is 1. The normalized spacial score (nSPS) is 27.5. The Balaban J connectivity index is 1.49. The number of para-hydroxylation sites is 1. The number of rotatable bonds is 6. The van der Waals surface area contributed by atoms with E-state index in [0.29, 0.717) is 18.3 Å². The first-order chi connectivity index (χ1) is 15.0. The summed E-state index contributed by atoms with van der Waals surface area (Å²) in [5.41, 5.74) is 2.13. The number of hydrogen-bond donors (Lipinski definition) is 3. The predicted molar refractivity (Wildman–Crippen MR) is 125 cm³/mol. The fourth-order valence-corrected chi connectivity index (χ4v) is 5.36. The molecule has 5 heteroatoms. The average molecular weight is 424 g/mol. The number of carbonyl (C=O) groups is 2. The van der Waals surface area contributed by atoms with Crippen LogP contribution in [0.4, 0.5) is 0 Å². The van der Waals surface area contributed by atoms with Crippen LogP contribution in [-0.4, -0.2) is 28.9 Å². The molecule has 1 aromatic carbocycles. The summed E-state index contributed by atoms with van der Waals surface area (Å²) in [5, 5.41) is 7.54. The molecular formula is C26H37N3O2. The van der Waals surface area contributed by atoms with Gasteiger partial charge in [0.25, 0.3) is 0 Å². The Labute approximate surface area is 185 Å². The van der Waals surface area contributed by atoms with Crippen molar-refractivity contribution in [3.8, 4) is 0 Å². The smallest absolute Gasteiger partial charge is 0.243 e. The molecule has 2 amide bonds. The second kappa shape index (κ2) is 9.88. The van der Waals surface area contributed by atoms with Gasteiger partial charge in [0.05, 0.1) is 0 Å². The lowest BCUT2D eigenvalue weighted by Crippen LogP contribution is -2.53. The molecule has 0 radical (unpaired) electrons. The molecule has 168 valence electrons. The molecule has 3 N–H and O–H groups in total. The molecule has 1 heterocycles. The maximum atomic E-state index is 13.4. The van der Waals surface area contributed by atoms with Crippen molar-refractivity contribution in [3.05, 3.63) is 36.0 Å². The summed E-state index contributed by atoms with van der Waals surface area (Å²) < 4.78 is 0. The van der Waals surface area contributed by atoms with Gasteiger partial charge in [-0.3, -0.25) is 9.59 Å². The van der Waals surface area contributed by atoms with Crippen molar-refractivity contribution in [2.75, 3.05) is 0 Å². The molecule has 3 atom stereocenters. The van der Waals surface area contributed by atoms with Crippen molar-refractivity contribution in [1.82, 2.24) is 15.6 Å². The van der Waals surface area contributed by atoms with Crippen LogP contribution in [0.1, 0.15) is 70.8 Å². The summed E-state index contributed by atoms with van der Waals surface area (Å²) in [6.07, 6.45) is 11.1. The number of aromatic amines is 1. The molecule has 31 heavy (non-hydrogen) atoms. The van der Waals surface area contributed by atoms with Crippen LogP contribution in [0.5, 0.6) is 0 Å². The monoisotopic (exact) mass is 423 g/mol. The van der Waals surface area contributed by atoms with Crippen LogP contribution >= 0.6 is 0 Å². The maximum Gasteiger partial charge on any atom is 0.243 e. The van der Waals surface area contributed by atoms with E-state index in [1.165, 1.54) is 6.42 Å². The number of hydrogen-bond acceptors (Lipinski definition) is 2. The van der Waals surface area contributed by atoms with Crippen LogP contribution in [0.2, 0.25) is 0 Å². The highest BCUT2D eigenvalue weighted by atomic mass is 16.2. The van der Waals surface area contributed by atoms with E-state index in [4.69, 9.17) is 0 Å². The van der Waals surface area contributed by atoms with Crippen molar-refractivity contribution in [3.63, 3.8) is 0 Å². The van der Waals surface area contributed by atoms with E-state index >= 15 is 0 Å². The number of benzene rings is 1. The lowest BCUT2D eigenvalue weighted by atomic mass is 9.82. The standard InChI is InChI=1S/C26H37N3O2/c1-17-11-13-19(14-12-17)25(30)29-24(26(31)28-22-9-5-3-7-18(22)2)15-20-16-27-23-10-6-4-8-21(20)23/h4,6,8,10,16-19,22,24,27H,3,5,7,9,11-15H2,1-2H3,(H,28,31)(H,29,30)/t17?,18-,19?,22+,24+/m0/s1. The number of H-pyrrole nitrogens is 1. The van der Waals surface area contributed by atoms with E-state index in [0.717, 1.165) is 61.4 Å². The van der Waals surface area contributed by atoms with E-state index in [-0.39, 0.29) is 23.8 Å². The van der Waals surface area contributed by atoms with Crippen LogP contribution in [0.15, 0.2) is 30.5 Å². The largest absolute Gasteiger partial charge is 0.361 e. The second-order valence-corrected chi connectivity index (χ2v) is 9.96. The zero-order valence-electron chi connectivity index (χ0n) is 19.0. The van der Waals surface area contributed by atoms with Gasteiger partial charge in [0.2, 0.25) is 11.8 Å². The van der Waals surface area contributed by atoms with Gasteiger partial charge < -0.3 is 15.6 Å². The van der Waals surface area contributed by atoms with Crippen LogP contribution in [-0.2, 0) is 16.0 Å². The lowest BCUT2D eigenvalue weighted by molar-refractivity contribution is -0.132. The zero-order chi connectivity index (χ0) is 21.8. The summed E-state index contributed by atoms with van der Waals surface area (Å²) in [4.78, 5) is 29.7. The van der Waals surface area contributed by atoms with Gasteiger partial charge in [0.15, 0.2) is 0 Å². The van der Waals surface area contributed by atoms with Gasteiger partial charge in [-0.25, -0.2) is 0 Å². The third-order valence-corrected chi connectivity index (χ3v) is 7.56. The second-order valence-electron chi connectivity index (χ2n) is 9.96. The summed E-state index contributed by atoms with van der Waals surface area (Å²) in [6.45, 7) is 4.48. The van der Waals surface area contributed by atoms with Crippen LogP contribution in [0.3, 0.4) is 0 Å². The molecular weight excluding hydrogens is 386 g/mol. The highest BCUT2D eigenvalue weighted by Gasteiger charge is 2.31. The SMILES string of the molecule is CC1CCC(C(=O)N[C@H](Cc2c[nH]c3ccccc23)C(=O)N[C@@H]2CCCC[C@@H]2C)CC1. The number of carbonyl (C=O) groups excluding carboxylic acids is 2. The molecule has 2 saturated carbocycles. The molecule has 1 aromatic heterocycles. The van der Waals surface area contributed by atoms with Crippen molar-refractivity contribution in [2.45, 2.75) is 83.7 Å². The lowest BCUT2D eigenvalue weighted by Gasteiger charge is -2.32. The molecule has 2 aliphatic rings. The maximum absolute atomic E-state index is 13.4. The molecule has 0 bridgehead atoms. The van der Waals surface area contributed by atoms with E-state index in [1.54, 1.807) is 0 Å². The van der Waals surface area contributed by atoms with Crippen molar-refractivity contribution in [1.29, 1.82) is 0 Å². The quantitative estimate of drug-likeness (QED) is 0.629. The molecule has 2 aromatic rings. The fourth-order valence-electron chi connectivity index (χ4n) is 5.36. The highest BCUT2D eigenvalue weighted by Crippen LogP contribution is 2.29. The van der Waals surface area contributed by atoms with Gasteiger partial charge >= 0.3 is 0 Å². The fraction of sp³-hybridized carbons (Fsp3) is 0.615. The van der Waals surface area contributed by atoms with Crippen LogP contribution < -0.4 is 10.6 Å². The van der Waals surface area contributed by atoms with Crippen molar-refractivity contribution >= 4 is 22.7 Å². The van der Waals surface area contributed by atoms with Crippen LogP contribution in [0, 0.1) is 17.8 Å². The van der Waals surface area contributed by atoms with Gasteiger partial charge in [-0.1, -0.05) is 44.9 Å². The topological polar surface area (TPSA) is 74.0 Å². The summed E-state index contributed by atoms with van der Waals surface area (Å²) >= 11 is 0. The first-order valence-electron chi connectivity index (χ1n) is 12.2. The Kier molecular flexibility index (Phi) is 6.99. The Morgan fingerprint density at radius 2 is 1.77 bits per heavy atom. The molecule has 2 fully saturated rings. The Morgan fingerprint density at radius 1 is 1.03 bits per heavy atom. The summed E-state index contributed by atoms with van der Waals surface area (Å²) in [5.74, 6) is 1.22. The predicted octanol–water partition coefficient (Wildman–Crippen LogP) is 4.72. The molecule has 0 aliphatic heterocycles. The number of nitrogens with one attached hydrogen (secondary N) is 3. The Bertz CT molecular complexity index is 897. The van der Waals surface area contributed by atoms with E-state index in [1.807, 2.05) is 24.4 Å². The highest BCUT2D eigenvalue weighted by molar-refractivity contribution is 5.90. The van der Waals surface area contributed by atoms with Crippen molar-refractivity contribution in [2.24, 2.45) is 17.8 Å². The van der Waals surface area contributed by atoms with Gasteiger partial charge in [0, 0.05) is 35.5 Å². The van der Waals surface area contributed by atoms with E-state index in [2.05, 4.69) is 35.5 Å². The molecule has 0 unspecified atom stereocenters.